The van der Waals surface area contributed by atoms with Crippen LogP contribution in [0.2, 0.25) is 0 Å². The first-order valence-electron chi connectivity index (χ1n) is 12.0. The Morgan fingerprint density at radius 2 is 2.03 bits per heavy atom. The summed E-state index contributed by atoms with van der Waals surface area (Å²) < 4.78 is 45.2. The van der Waals surface area contributed by atoms with Crippen LogP contribution in [0.4, 0.5) is 8.78 Å². The molecule has 1 aliphatic heterocycles. The van der Waals surface area contributed by atoms with E-state index >= 15 is 8.78 Å². The van der Waals surface area contributed by atoms with E-state index in [1.165, 1.54) is 18.2 Å². The summed E-state index contributed by atoms with van der Waals surface area (Å²) in [4.78, 5) is 25.3. The zero-order valence-electron chi connectivity index (χ0n) is 19.4. The number of alkyl halides is 2. The van der Waals surface area contributed by atoms with E-state index in [1.54, 1.807) is 6.92 Å². The summed E-state index contributed by atoms with van der Waals surface area (Å²) in [7, 11) is 0. The molecule has 0 unspecified atom stereocenters. The Kier molecular flexibility index (Phi) is 5.12. The van der Waals surface area contributed by atoms with Gasteiger partial charge < -0.3 is 20.3 Å². The zero-order valence-corrected chi connectivity index (χ0v) is 19.4. The Hall–Kier alpha value is -1.48. The summed E-state index contributed by atoms with van der Waals surface area (Å²) in [6.07, 6.45) is 1.15. The summed E-state index contributed by atoms with van der Waals surface area (Å²) in [6.45, 7) is 5.13. The first-order valence-corrected chi connectivity index (χ1v) is 12.0. The largest absolute Gasteiger partial charge is 0.390 e. The van der Waals surface area contributed by atoms with Gasteiger partial charge in [-0.25, -0.2) is 8.78 Å². The van der Waals surface area contributed by atoms with E-state index in [-0.39, 0.29) is 36.5 Å². The Morgan fingerprint density at radius 3 is 2.70 bits per heavy atom. The van der Waals surface area contributed by atoms with E-state index in [4.69, 9.17) is 15.2 Å². The fraction of sp³-hybridized carbons (Fsp3) is 0.760. The molecule has 6 nitrogen and oxygen atoms in total. The molecule has 33 heavy (non-hydrogen) atoms. The smallest absolute Gasteiger partial charge is 0.181 e. The van der Waals surface area contributed by atoms with E-state index in [0.29, 0.717) is 12.8 Å². The SMILES string of the molecule is CCC[C@@H]1O[C@@H]2C[C@H]3[C@@H]4C[C@H](F)C5=CC(=O)C=C[C@]5(C)[C@@]4(F)[C@@H](O)C[C@]3(C)[C@]2(C(=O)CN)O1. The molecule has 1 saturated heterocycles. The van der Waals surface area contributed by atoms with Crippen LogP contribution >= 0.6 is 0 Å². The minimum absolute atomic E-state index is 0.0449. The molecule has 3 saturated carbocycles. The van der Waals surface area contributed by atoms with Crippen molar-refractivity contribution in [3.63, 3.8) is 0 Å². The van der Waals surface area contributed by atoms with Crippen molar-refractivity contribution in [1.82, 2.24) is 0 Å². The Morgan fingerprint density at radius 1 is 1.30 bits per heavy atom. The molecule has 8 heteroatoms. The number of aliphatic hydroxyl groups excluding tert-OH is 1. The van der Waals surface area contributed by atoms with Gasteiger partial charge in [-0.2, -0.15) is 0 Å². The maximum Gasteiger partial charge on any atom is 0.181 e. The number of Topliss-reactive ketones (excluding diaryl/α,β-unsaturated/α-hetero) is 1. The second-order valence-electron chi connectivity index (χ2n) is 10.9. The third-order valence-electron chi connectivity index (χ3n) is 9.55. The quantitative estimate of drug-likeness (QED) is 0.663. The Balaban J connectivity index is 1.62. The molecule has 10 atom stereocenters. The lowest BCUT2D eigenvalue weighted by atomic mass is 9.44. The van der Waals surface area contributed by atoms with Crippen LogP contribution in [0.1, 0.15) is 52.9 Å². The number of allylic oxidation sites excluding steroid dienone is 4. The van der Waals surface area contributed by atoms with Crippen molar-refractivity contribution >= 4 is 11.6 Å². The van der Waals surface area contributed by atoms with Gasteiger partial charge in [0.05, 0.1) is 18.8 Å². The van der Waals surface area contributed by atoms with Crippen molar-refractivity contribution in [2.24, 2.45) is 28.4 Å². The predicted molar refractivity (Wildman–Crippen MR) is 115 cm³/mol. The molecule has 0 aromatic heterocycles. The van der Waals surface area contributed by atoms with Gasteiger partial charge >= 0.3 is 0 Å². The molecule has 0 bridgehead atoms. The van der Waals surface area contributed by atoms with Crippen molar-refractivity contribution < 1.29 is 33.0 Å². The molecule has 182 valence electrons. The number of nitrogens with two attached hydrogens (primary N) is 1. The average molecular weight is 466 g/mol. The molecule has 1 heterocycles. The van der Waals surface area contributed by atoms with E-state index in [9.17, 15) is 14.7 Å². The number of hydrogen-bond acceptors (Lipinski definition) is 6. The number of ketones is 2. The summed E-state index contributed by atoms with van der Waals surface area (Å²) in [5.41, 5.74) is -0.130. The molecule has 5 rings (SSSR count). The highest BCUT2D eigenvalue weighted by molar-refractivity contribution is 6.01. The van der Waals surface area contributed by atoms with Crippen LogP contribution in [0.25, 0.3) is 0 Å². The summed E-state index contributed by atoms with van der Waals surface area (Å²) in [6, 6.07) is 0. The van der Waals surface area contributed by atoms with Gasteiger partial charge in [-0.3, -0.25) is 9.59 Å². The summed E-state index contributed by atoms with van der Waals surface area (Å²) in [5, 5.41) is 11.4. The monoisotopic (exact) mass is 465 g/mol. The summed E-state index contributed by atoms with van der Waals surface area (Å²) in [5.74, 6) is -2.05. The van der Waals surface area contributed by atoms with Gasteiger partial charge in [0, 0.05) is 16.7 Å². The van der Waals surface area contributed by atoms with Gasteiger partial charge in [0.1, 0.15) is 6.17 Å². The standard InChI is InChI=1S/C25H33F2NO5/c1-4-5-21-32-20-10-14-15-9-17(26)16-8-13(29)6-7-22(16,2)24(15,27)18(30)11-23(14,3)25(20,33-21)19(31)12-28/h6-8,14-15,17-18,20-21,30H,4-5,9-12,28H2,1-3H3/t14-,15-,17-,18-,20+,21+,22-,23-,24-,25+/m0/s1. The van der Waals surface area contributed by atoms with Crippen LogP contribution in [0, 0.1) is 22.7 Å². The average Bonchev–Trinajstić information content (AvgIpc) is 3.24. The van der Waals surface area contributed by atoms with E-state index in [1.807, 2.05) is 13.8 Å². The first-order chi connectivity index (χ1) is 15.5. The fourth-order valence-electron chi connectivity index (χ4n) is 8.04. The van der Waals surface area contributed by atoms with Crippen molar-refractivity contribution in [2.75, 3.05) is 6.54 Å². The molecule has 0 amide bonds. The molecule has 4 fully saturated rings. The third-order valence-corrected chi connectivity index (χ3v) is 9.55. The normalized spacial score (nSPS) is 52.6. The second-order valence-corrected chi connectivity index (χ2v) is 10.9. The highest BCUT2D eigenvalue weighted by Gasteiger charge is 2.79. The minimum atomic E-state index is -2.20. The van der Waals surface area contributed by atoms with Gasteiger partial charge in [0.2, 0.25) is 0 Å². The number of carbonyl (C=O) groups is 2. The molecule has 0 aromatic carbocycles. The molecular weight excluding hydrogens is 432 g/mol. The Bertz CT molecular complexity index is 953. The lowest BCUT2D eigenvalue weighted by Gasteiger charge is -2.63. The topological polar surface area (TPSA) is 98.9 Å². The molecule has 0 spiro atoms. The van der Waals surface area contributed by atoms with Crippen molar-refractivity contribution in [3.05, 3.63) is 23.8 Å². The maximum absolute atomic E-state index is 17.2. The van der Waals surface area contributed by atoms with Gasteiger partial charge in [-0.1, -0.05) is 26.3 Å². The number of rotatable bonds is 4. The maximum atomic E-state index is 17.2. The highest BCUT2D eigenvalue weighted by atomic mass is 19.1. The number of ether oxygens (including phenoxy) is 2. The van der Waals surface area contributed by atoms with Gasteiger partial charge in [-0.15, -0.1) is 0 Å². The Labute approximate surface area is 192 Å². The van der Waals surface area contributed by atoms with Crippen molar-refractivity contribution in [1.29, 1.82) is 0 Å². The van der Waals surface area contributed by atoms with Crippen LogP contribution in [-0.4, -0.2) is 59.2 Å². The predicted octanol–water partition coefficient (Wildman–Crippen LogP) is 2.72. The zero-order chi connectivity index (χ0) is 24.0. The number of aliphatic hydroxyl groups is 1. The lowest BCUT2D eigenvalue weighted by molar-refractivity contribution is -0.233. The fourth-order valence-corrected chi connectivity index (χ4v) is 8.04. The van der Waals surface area contributed by atoms with Gasteiger partial charge in [0.15, 0.2) is 29.1 Å². The van der Waals surface area contributed by atoms with Crippen LogP contribution in [-0.2, 0) is 19.1 Å². The number of halogens is 2. The van der Waals surface area contributed by atoms with Crippen molar-refractivity contribution in [3.8, 4) is 0 Å². The molecule has 0 radical (unpaired) electrons. The van der Waals surface area contributed by atoms with Crippen LogP contribution in [0.15, 0.2) is 23.8 Å². The van der Waals surface area contributed by atoms with Crippen LogP contribution in [0.5, 0.6) is 0 Å². The first kappa shape index (κ1) is 23.3. The molecule has 3 N–H and O–H groups in total. The van der Waals surface area contributed by atoms with Crippen LogP contribution in [0.3, 0.4) is 0 Å². The third kappa shape index (κ3) is 2.61. The molecule has 4 aliphatic carbocycles. The van der Waals surface area contributed by atoms with Crippen molar-refractivity contribution in [2.45, 2.75) is 88.8 Å². The highest BCUT2D eigenvalue weighted by Crippen LogP contribution is 2.72. The van der Waals surface area contributed by atoms with Gasteiger partial charge in [-0.05, 0) is 56.3 Å². The summed E-state index contributed by atoms with van der Waals surface area (Å²) >= 11 is 0. The molecule has 5 aliphatic rings. The van der Waals surface area contributed by atoms with E-state index < -0.39 is 58.6 Å². The number of carbonyl (C=O) groups excluding carboxylic acids is 2. The minimum Gasteiger partial charge on any atom is -0.390 e. The van der Waals surface area contributed by atoms with Gasteiger partial charge in [0.25, 0.3) is 0 Å². The molecule has 0 aromatic rings. The van der Waals surface area contributed by atoms with Crippen LogP contribution < -0.4 is 5.73 Å². The second kappa shape index (κ2) is 7.26. The molecular formula is C25H33F2NO5. The van der Waals surface area contributed by atoms with E-state index in [0.717, 1.165) is 6.42 Å². The number of hydrogen-bond donors (Lipinski definition) is 2. The van der Waals surface area contributed by atoms with E-state index in [2.05, 4.69) is 0 Å². The lowest BCUT2D eigenvalue weighted by Crippen LogP contribution is -2.71. The number of fused-ring (bicyclic) bond motifs is 7.